The minimum atomic E-state index is -3.50. The van der Waals surface area contributed by atoms with Crippen molar-refractivity contribution < 1.29 is 13.2 Å². The largest absolute Gasteiger partial charge is 0.325 e. The summed E-state index contributed by atoms with van der Waals surface area (Å²) >= 11 is 1.30. The lowest BCUT2D eigenvalue weighted by molar-refractivity contribution is -0.113. The summed E-state index contributed by atoms with van der Waals surface area (Å²) in [5.41, 5.74) is 1.50. The normalized spacial score (nSPS) is 11.6. The zero-order chi connectivity index (χ0) is 21.7. The van der Waals surface area contributed by atoms with Gasteiger partial charge in [-0.3, -0.25) is 4.79 Å². The lowest BCUT2D eigenvalue weighted by Crippen LogP contribution is -2.22. The first-order valence-corrected chi connectivity index (χ1v) is 11.7. The molecular formula is C20H23N5O3S2. The van der Waals surface area contributed by atoms with Gasteiger partial charge in [-0.05, 0) is 31.2 Å². The number of benzene rings is 2. The third-order valence-corrected chi connectivity index (χ3v) is 7.11. The lowest BCUT2D eigenvalue weighted by atomic mass is 10.2. The van der Waals surface area contributed by atoms with Crippen LogP contribution < -0.4 is 5.32 Å². The van der Waals surface area contributed by atoms with Gasteiger partial charge >= 0.3 is 0 Å². The Kier molecular flexibility index (Phi) is 6.91. The van der Waals surface area contributed by atoms with Crippen molar-refractivity contribution in [2.75, 3.05) is 25.2 Å². The topological polar surface area (TPSA) is 97.2 Å². The Bertz CT molecular complexity index is 1110. The number of nitrogens with one attached hydrogen (secondary N) is 1. The Hall–Kier alpha value is -2.69. The Morgan fingerprint density at radius 1 is 1.07 bits per heavy atom. The second kappa shape index (κ2) is 9.41. The summed E-state index contributed by atoms with van der Waals surface area (Å²) in [7, 11) is -0.553. The maximum Gasteiger partial charge on any atom is 0.242 e. The lowest BCUT2D eigenvalue weighted by Gasteiger charge is -2.12. The fourth-order valence-corrected chi connectivity index (χ4v) is 4.43. The molecule has 1 N–H and O–H groups in total. The molecule has 2 aromatic carbocycles. The average molecular weight is 446 g/mol. The van der Waals surface area contributed by atoms with Gasteiger partial charge in [-0.1, -0.05) is 42.1 Å². The van der Waals surface area contributed by atoms with Crippen molar-refractivity contribution in [2.24, 2.45) is 0 Å². The van der Waals surface area contributed by atoms with E-state index in [0.29, 0.717) is 17.4 Å². The number of carbonyl (C=O) groups excluding carboxylic acids is 1. The first-order chi connectivity index (χ1) is 14.3. The van der Waals surface area contributed by atoms with E-state index in [1.54, 1.807) is 12.1 Å². The molecule has 0 aliphatic carbocycles. The zero-order valence-electron chi connectivity index (χ0n) is 16.9. The molecular weight excluding hydrogens is 422 g/mol. The molecule has 3 aromatic rings. The van der Waals surface area contributed by atoms with Crippen LogP contribution >= 0.6 is 11.8 Å². The zero-order valence-corrected chi connectivity index (χ0v) is 18.6. The van der Waals surface area contributed by atoms with Gasteiger partial charge in [0.05, 0.1) is 10.6 Å². The highest BCUT2D eigenvalue weighted by Gasteiger charge is 2.17. The summed E-state index contributed by atoms with van der Waals surface area (Å²) in [5, 5.41) is 11.9. The highest BCUT2D eigenvalue weighted by atomic mass is 32.2. The third-order valence-electron chi connectivity index (χ3n) is 4.31. The van der Waals surface area contributed by atoms with E-state index < -0.39 is 10.0 Å². The number of sulfonamides is 1. The van der Waals surface area contributed by atoms with Crippen LogP contribution in [0.5, 0.6) is 0 Å². The van der Waals surface area contributed by atoms with E-state index in [9.17, 15) is 13.2 Å². The molecule has 10 heteroatoms. The van der Waals surface area contributed by atoms with Gasteiger partial charge in [-0.15, -0.1) is 10.2 Å². The van der Waals surface area contributed by atoms with E-state index >= 15 is 0 Å². The summed E-state index contributed by atoms with van der Waals surface area (Å²) < 4.78 is 27.3. The average Bonchev–Trinajstić information content (AvgIpc) is 3.16. The van der Waals surface area contributed by atoms with Crippen molar-refractivity contribution in [3.05, 3.63) is 54.6 Å². The van der Waals surface area contributed by atoms with E-state index in [1.807, 2.05) is 41.8 Å². The Morgan fingerprint density at radius 2 is 1.73 bits per heavy atom. The monoisotopic (exact) mass is 445 g/mol. The Labute approximate surface area is 180 Å². The number of rotatable bonds is 8. The molecule has 0 aliphatic heterocycles. The number of amides is 1. The van der Waals surface area contributed by atoms with Gasteiger partial charge in [0.25, 0.3) is 0 Å². The van der Waals surface area contributed by atoms with Crippen molar-refractivity contribution in [2.45, 2.75) is 23.5 Å². The minimum Gasteiger partial charge on any atom is -0.325 e. The predicted molar refractivity (Wildman–Crippen MR) is 118 cm³/mol. The van der Waals surface area contributed by atoms with Crippen molar-refractivity contribution in [3.8, 4) is 11.4 Å². The molecule has 30 heavy (non-hydrogen) atoms. The Balaban J connectivity index is 1.63. The van der Waals surface area contributed by atoms with Crippen molar-refractivity contribution in [3.63, 3.8) is 0 Å². The number of hydrogen-bond donors (Lipinski definition) is 1. The summed E-state index contributed by atoms with van der Waals surface area (Å²) in [6.45, 7) is 2.69. The first-order valence-electron chi connectivity index (χ1n) is 9.26. The molecule has 0 radical (unpaired) electrons. The molecule has 0 atom stereocenters. The first kappa shape index (κ1) is 22.0. The summed E-state index contributed by atoms with van der Waals surface area (Å²) in [4.78, 5) is 12.5. The fourth-order valence-electron chi connectivity index (χ4n) is 2.73. The molecule has 0 aliphatic rings. The molecule has 0 unspecified atom stereocenters. The van der Waals surface area contributed by atoms with E-state index in [4.69, 9.17) is 0 Å². The minimum absolute atomic E-state index is 0.157. The maximum absolute atomic E-state index is 12.3. The van der Waals surface area contributed by atoms with E-state index in [1.165, 1.54) is 38.0 Å². The highest BCUT2D eigenvalue weighted by Crippen LogP contribution is 2.24. The maximum atomic E-state index is 12.3. The van der Waals surface area contributed by atoms with Crippen molar-refractivity contribution in [1.82, 2.24) is 19.1 Å². The molecule has 1 heterocycles. The van der Waals surface area contributed by atoms with Gasteiger partial charge < -0.3 is 9.88 Å². The molecule has 0 bridgehead atoms. The molecule has 1 aromatic heterocycles. The number of thioether (sulfide) groups is 1. The fraction of sp³-hybridized carbons (Fsp3) is 0.250. The number of aromatic nitrogens is 3. The quantitative estimate of drug-likeness (QED) is 0.536. The van der Waals surface area contributed by atoms with Crippen LogP contribution in [0.25, 0.3) is 11.4 Å². The van der Waals surface area contributed by atoms with Crippen molar-refractivity contribution >= 4 is 33.4 Å². The molecule has 3 rings (SSSR count). The van der Waals surface area contributed by atoms with Crippen LogP contribution in [-0.2, 0) is 21.4 Å². The second-order valence-electron chi connectivity index (χ2n) is 6.57. The summed E-state index contributed by atoms with van der Waals surface area (Å²) in [5.74, 6) is 0.707. The standard InChI is InChI=1S/C20H23N5O3S2/c1-4-25-19(15-8-6-5-7-9-15)22-23-20(25)29-14-18(26)21-16-10-12-17(13-11-16)30(27,28)24(2)3/h5-13H,4,14H2,1-3H3,(H,21,26). The van der Waals surface area contributed by atoms with Gasteiger partial charge in [-0.2, -0.15) is 0 Å². The van der Waals surface area contributed by atoms with Gasteiger partial charge in [0.1, 0.15) is 0 Å². The molecule has 1 amide bonds. The van der Waals surface area contributed by atoms with E-state index in [0.717, 1.165) is 15.7 Å². The summed E-state index contributed by atoms with van der Waals surface area (Å²) in [6.07, 6.45) is 0. The number of anilines is 1. The van der Waals surface area contributed by atoms with Crippen LogP contribution in [-0.4, -0.2) is 53.2 Å². The molecule has 0 spiro atoms. The van der Waals surface area contributed by atoms with Crippen molar-refractivity contribution in [1.29, 1.82) is 0 Å². The molecule has 0 fully saturated rings. The van der Waals surface area contributed by atoms with Gasteiger partial charge in [0.15, 0.2) is 11.0 Å². The van der Waals surface area contributed by atoms with E-state index in [-0.39, 0.29) is 16.6 Å². The third kappa shape index (κ3) is 4.89. The predicted octanol–water partition coefficient (Wildman–Crippen LogP) is 2.95. The highest BCUT2D eigenvalue weighted by molar-refractivity contribution is 7.99. The van der Waals surface area contributed by atoms with Crippen LogP contribution in [0.1, 0.15) is 6.92 Å². The molecule has 158 valence electrons. The Morgan fingerprint density at radius 3 is 2.33 bits per heavy atom. The van der Waals surface area contributed by atoms with E-state index in [2.05, 4.69) is 15.5 Å². The second-order valence-corrected chi connectivity index (χ2v) is 9.66. The smallest absolute Gasteiger partial charge is 0.242 e. The van der Waals surface area contributed by atoms with Gasteiger partial charge in [0, 0.05) is 31.9 Å². The number of hydrogen-bond acceptors (Lipinski definition) is 6. The van der Waals surface area contributed by atoms with Crippen LogP contribution in [0, 0.1) is 0 Å². The molecule has 0 saturated heterocycles. The van der Waals surface area contributed by atoms with Gasteiger partial charge in [-0.25, -0.2) is 12.7 Å². The SMILES string of the molecule is CCn1c(SCC(=O)Nc2ccc(S(=O)(=O)N(C)C)cc2)nnc1-c1ccccc1. The van der Waals surface area contributed by atoms with Crippen LogP contribution in [0.2, 0.25) is 0 Å². The van der Waals surface area contributed by atoms with Crippen LogP contribution in [0.3, 0.4) is 0 Å². The molecule has 0 saturated carbocycles. The number of nitrogens with zero attached hydrogens (tertiary/aromatic N) is 4. The van der Waals surface area contributed by atoms with Crippen LogP contribution in [0.15, 0.2) is 64.6 Å². The molecule has 8 nitrogen and oxygen atoms in total. The number of carbonyl (C=O) groups is 1. The summed E-state index contributed by atoms with van der Waals surface area (Å²) in [6, 6.07) is 15.9. The van der Waals surface area contributed by atoms with Crippen LogP contribution in [0.4, 0.5) is 5.69 Å². The van der Waals surface area contributed by atoms with Gasteiger partial charge in [0.2, 0.25) is 15.9 Å².